The molecule has 4 heterocycles. The van der Waals surface area contributed by atoms with Gasteiger partial charge in [0.2, 0.25) is 0 Å². The van der Waals surface area contributed by atoms with Gasteiger partial charge in [0.1, 0.15) is 30.0 Å². The van der Waals surface area contributed by atoms with Crippen molar-refractivity contribution >= 4 is 5.91 Å². The van der Waals surface area contributed by atoms with Gasteiger partial charge in [-0.25, -0.2) is 24.0 Å². The second-order valence-corrected chi connectivity index (χ2v) is 6.79. The smallest absolute Gasteiger partial charge is 0.271 e. The van der Waals surface area contributed by atoms with Gasteiger partial charge < -0.3 is 10.3 Å². The molecule has 2 N–H and O–H groups in total. The zero-order valence-corrected chi connectivity index (χ0v) is 15.2. The van der Waals surface area contributed by atoms with Crippen molar-refractivity contribution < 1.29 is 9.18 Å². The van der Waals surface area contributed by atoms with E-state index >= 15 is 0 Å². The SMILES string of the molecule is O=C1NC[C@@H](c2ccc(F)cc2)Cc2[nH]c(-c3cccnc3-n3cncn3)nc21. The number of H-pyrrole nitrogens is 1. The summed E-state index contributed by atoms with van der Waals surface area (Å²) in [6.07, 6.45) is 5.21. The Kier molecular flexibility index (Phi) is 4.12. The zero-order chi connectivity index (χ0) is 19.8. The van der Waals surface area contributed by atoms with Crippen molar-refractivity contribution in [1.29, 1.82) is 0 Å². The molecule has 5 rings (SSSR count). The lowest BCUT2D eigenvalue weighted by molar-refractivity contribution is 0.0950. The van der Waals surface area contributed by atoms with Crippen LogP contribution in [-0.4, -0.2) is 42.2 Å². The number of halogens is 1. The van der Waals surface area contributed by atoms with E-state index in [0.717, 1.165) is 11.3 Å². The fourth-order valence-electron chi connectivity index (χ4n) is 3.54. The number of carbonyl (C=O) groups excluding carboxylic acids is 1. The highest BCUT2D eigenvalue weighted by atomic mass is 19.1. The minimum Gasteiger partial charge on any atom is -0.350 e. The second kappa shape index (κ2) is 6.93. The number of hydrogen-bond donors (Lipinski definition) is 2. The fraction of sp³-hybridized carbons (Fsp3) is 0.150. The van der Waals surface area contributed by atoms with E-state index in [9.17, 15) is 9.18 Å². The molecule has 0 unspecified atom stereocenters. The lowest BCUT2D eigenvalue weighted by Crippen LogP contribution is -2.26. The van der Waals surface area contributed by atoms with Crippen LogP contribution in [0.5, 0.6) is 0 Å². The molecule has 0 saturated heterocycles. The Morgan fingerprint density at radius 3 is 2.83 bits per heavy atom. The van der Waals surface area contributed by atoms with E-state index in [0.29, 0.717) is 35.9 Å². The summed E-state index contributed by atoms with van der Waals surface area (Å²) < 4.78 is 14.8. The molecule has 0 spiro atoms. The maximum Gasteiger partial charge on any atom is 0.271 e. The Bertz CT molecular complexity index is 1170. The first-order valence-electron chi connectivity index (χ1n) is 9.12. The maximum absolute atomic E-state index is 13.3. The Morgan fingerprint density at radius 2 is 2.03 bits per heavy atom. The number of rotatable bonds is 3. The Balaban J connectivity index is 1.54. The molecule has 144 valence electrons. The molecule has 0 fully saturated rings. The standard InChI is InChI=1S/C20H16FN7O/c21-14-5-3-12(4-6-14)13-8-16-17(20(29)24-9-13)27-18(26-16)15-2-1-7-23-19(15)28-11-22-10-25-28/h1-7,10-11,13H,8-9H2,(H,24,29)(H,26,27)/t13-/m0/s1. The number of amides is 1. The summed E-state index contributed by atoms with van der Waals surface area (Å²) in [4.78, 5) is 28.8. The summed E-state index contributed by atoms with van der Waals surface area (Å²) in [6.45, 7) is 0.459. The van der Waals surface area contributed by atoms with Crippen LogP contribution in [0.1, 0.15) is 27.7 Å². The highest BCUT2D eigenvalue weighted by Crippen LogP contribution is 2.28. The Labute approximate surface area is 164 Å². The highest BCUT2D eigenvalue weighted by Gasteiger charge is 2.27. The highest BCUT2D eigenvalue weighted by molar-refractivity contribution is 5.94. The molecule has 3 aromatic heterocycles. The second-order valence-electron chi connectivity index (χ2n) is 6.79. The Morgan fingerprint density at radius 1 is 1.17 bits per heavy atom. The van der Waals surface area contributed by atoms with Crippen molar-refractivity contribution in [3.8, 4) is 17.2 Å². The van der Waals surface area contributed by atoms with Crippen molar-refractivity contribution in [2.24, 2.45) is 0 Å². The van der Waals surface area contributed by atoms with Gasteiger partial charge in [-0.3, -0.25) is 4.79 Å². The molecular formula is C20H16FN7O. The van der Waals surface area contributed by atoms with Gasteiger partial charge in [0.05, 0.1) is 5.56 Å². The lowest BCUT2D eigenvalue weighted by Gasteiger charge is -2.14. The largest absolute Gasteiger partial charge is 0.350 e. The van der Waals surface area contributed by atoms with E-state index in [1.54, 1.807) is 35.4 Å². The van der Waals surface area contributed by atoms with Crippen molar-refractivity contribution in [3.05, 3.63) is 78.0 Å². The molecule has 8 nitrogen and oxygen atoms in total. The summed E-state index contributed by atoms with van der Waals surface area (Å²) >= 11 is 0. The van der Waals surface area contributed by atoms with Gasteiger partial charge in [0, 0.05) is 24.4 Å². The van der Waals surface area contributed by atoms with Gasteiger partial charge in [0.25, 0.3) is 5.91 Å². The van der Waals surface area contributed by atoms with E-state index in [2.05, 4.69) is 30.4 Å². The normalized spacial score (nSPS) is 16.2. The average Bonchev–Trinajstić information content (AvgIpc) is 3.39. The fourth-order valence-corrected chi connectivity index (χ4v) is 3.54. The molecule has 1 aromatic carbocycles. The molecule has 9 heteroatoms. The van der Waals surface area contributed by atoms with Crippen molar-refractivity contribution in [2.75, 3.05) is 6.54 Å². The average molecular weight is 389 g/mol. The number of benzene rings is 1. The number of aromatic nitrogens is 6. The number of pyridine rings is 1. The molecule has 1 atom stereocenters. The van der Waals surface area contributed by atoms with Crippen molar-refractivity contribution in [1.82, 2.24) is 35.0 Å². The van der Waals surface area contributed by atoms with Gasteiger partial charge in [-0.15, -0.1) is 0 Å². The molecule has 0 saturated carbocycles. The topological polar surface area (TPSA) is 101 Å². The van der Waals surface area contributed by atoms with E-state index in [1.165, 1.54) is 18.5 Å². The molecule has 0 bridgehead atoms. The van der Waals surface area contributed by atoms with E-state index in [4.69, 9.17) is 0 Å². The third-order valence-electron chi connectivity index (χ3n) is 4.97. The van der Waals surface area contributed by atoms with Crippen LogP contribution >= 0.6 is 0 Å². The zero-order valence-electron chi connectivity index (χ0n) is 15.2. The maximum atomic E-state index is 13.3. The number of fused-ring (bicyclic) bond motifs is 1. The van der Waals surface area contributed by atoms with Crippen LogP contribution in [0.4, 0.5) is 4.39 Å². The monoisotopic (exact) mass is 389 g/mol. The summed E-state index contributed by atoms with van der Waals surface area (Å²) in [6, 6.07) is 10.0. The van der Waals surface area contributed by atoms with Gasteiger partial charge in [-0.2, -0.15) is 5.10 Å². The summed E-state index contributed by atoms with van der Waals surface area (Å²) in [5, 5.41) is 7.05. The first-order valence-corrected chi connectivity index (χ1v) is 9.12. The van der Waals surface area contributed by atoms with Gasteiger partial charge in [-0.1, -0.05) is 12.1 Å². The summed E-state index contributed by atoms with van der Waals surface area (Å²) in [7, 11) is 0. The lowest BCUT2D eigenvalue weighted by atomic mass is 9.94. The molecule has 0 aliphatic carbocycles. The third kappa shape index (κ3) is 3.16. The van der Waals surface area contributed by atoms with Crippen LogP contribution < -0.4 is 5.32 Å². The van der Waals surface area contributed by atoms with E-state index in [1.807, 2.05) is 6.07 Å². The number of nitrogens with one attached hydrogen (secondary N) is 2. The van der Waals surface area contributed by atoms with E-state index in [-0.39, 0.29) is 17.6 Å². The molecule has 29 heavy (non-hydrogen) atoms. The number of aromatic amines is 1. The Hall–Kier alpha value is -3.88. The molecule has 1 amide bonds. The summed E-state index contributed by atoms with van der Waals surface area (Å²) in [5.41, 5.74) is 2.76. The van der Waals surface area contributed by atoms with Gasteiger partial charge in [0.15, 0.2) is 5.82 Å². The van der Waals surface area contributed by atoms with Crippen LogP contribution in [0.3, 0.4) is 0 Å². The molecule has 1 aliphatic rings. The van der Waals surface area contributed by atoms with Gasteiger partial charge in [-0.05, 0) is 36.2 Å². The van der Waals surface area contributed by atoms with Gasteiger partial charge >= 0.3 is 0 Å². The molecular weight excluding hydrogens is 373 g/mol. The third-order valence-corrected chi connectivity index (χ3v) is 4.97. The quantitative estimate of drug-likeness (QED) is 0.560. The molecule has 0 radical (unpaired) electrons. The van der Waals surface area contributed by atoms with Crippen molar-refractivity contribution in [2.45, 2.75) is 12.3 Å². The van der Waals surface area contributed by atoms with Crippen LogP contribution in [0.2, 0.25) is 0 Å². The van der Waals surface area contributed by atoms with Crippen LogP contribution in [0, 0.1) is 5.82 Å². The predicted molar refractivity (Wildman–Crippen MR) is 102 cm³/mol. The first-order chi connectivity index (χ1) is 14.2. The number of nitrogens with zero attached hydrogens (tertiary/aromatic N) is 5. The minimum atomic E-state index is -0.284. The summed E-state index contributed by atoms with van der Waals surface area (Å²) in [5.74, 6) is 0.581. The number of imidazole rings is 1. The molecule has 1 aliphatic heterocycles. The van der Waals surface area contributed by atoms with Crippen LogP contribution in [0.15, 0.2) is 55.2 Å². The minimum absolute atomic E-state index is 0.0118. The number of carbonyl (C=O) groups is 1. The first kappa shape index (κ1) is 17.2. The van der Waals surface area contributed by atoms with Crippen molar-refractivity contribution in [3.63, 3.8) is 0 Å². The van der Waals surface area contributed by atoms with Crippen LogP contribution in [0.25, 0.3) is 17.2 Å². The predicted octanol–water partition coefficient (Wildman–Crippen LogP) is 2.26. The van der Waals surface area contributed by atoms with E-state index < -0.39 is 0 Å². The van der Waals surface area contributed by atoms with Crippen LogP contribution in [-0.2, 0) is 6.42 Å². The number of hydrogen-bond acceptors (Lipinski definition) is 5. The molecule has 4 aromatic rings.